The van der Waals surface area contributed by atoms with Gasteiger partial charge in [0.05, 0.1) is 49.8 Å². The standard InChI is InChI=1S/C41H41NO6S/c1-32-22-24-38(25-23-32)49(43,44)42(37-20-12-5-13-21-37)26-36-30-46-39(31-45-27-33-14-6-2-7-15-33)41(48-29-35-18-10-4-11-19-35)40(36)47-28-34-16-8-3-9-17-34/h2-25,30,39-41H,26-29,31H2,1H3/t39-,40-,41-/m1/s1. The summed E-state index contributed by atoms with van der Waals surface area (Å²) in [5.41, 5.74) is 5.17. The minimum atomic E-state index is -3.98. The van der Waals surface area contributed by atoms with Crippen LogP contribution < -0.4 is 4.31 Å². The Balaban J connectivity index is 1.34. The molecule has 252 valence electrons. The summed E-state index contributed by atoms with van der Waals surface area (Å²) >= 11 is 0. The highest BCUT2D eigenvalue weighted by molar-refractivity contribution is 7.92. The minimum Gasteiger partial charge on any atom is -0.493 e. The molecule has 1 heterocycles. The van der Waals surface area contributed by atoms with E-state index in [4.69, 9.17) is 18.9 Å². The van der Waals surface area contributed by atoms with E-state index in [-0.39, 0.29) is 18.0 Å². The fourth-order valence-corrected chi connectivity index (χ4v) is 7.14. The Morgan fingerprint density at radius 2 is 1.14 bits per heavy atom. The maximum Gasteiger partial charge on any atom is 0.264 e. The van der Waals surface area contributed by atoms with Gasteiger partial charge < -0.3 is 18.9 Å². The molecule has 0 aromatic heterocycles. The lowest BCUT2D eigenvalue weighted by atomic mass is 9.98. The summed E-state index contributed by atoms with van der Waals surface area (Å²) in [7, 11) is -3.98. The van der Waals surface area contributed by atoms with E-state index in [9.17, 15) is 8.42 Å². The van der Waals surface area contributed by atoms with Gasteiger partial charge in [0.25, 0.3) is 10.0 Å². The molecule has 0 fully saturated rings. The predicted molar refractivity (Wildman–Crippen MR) is 191 cm³/mol. The SMILES string of the molecule is Cc1ccc(S(=O)(=O)N(CC2=CO[C@H](COCc3ccccc3)[C@@H](OCc3ccccc3)[C@@H]2OCc2ccccc2)c2ccccc2)cc1. The van der Waals surface area contributed by atoms with E-state index < -0.39 is 28.3 Å². The largest absolute Gasteiger partial charge is 0.493 e. The summed E-state index contributed by atoms with van der Waals surface area (Å²) in [6.07, 6.45) is -0.146. The summed E-state index contributed by atoms with van der Waals surface area (Å²) in [5.74, 6) is 0. The Labute approximate surface area is 289 Å². The zero-order valence-corrected chi connectivity index (χ0v) is 28.3. The Bertz CT molecular complexity index is 1870. The van der Waals surface area contributed by atoms with E-state index >= 15 is 0 Å². The number of benzene rings is 5. The third kappa shape index (κ3) is 9.04. The van der Waals surface area contributed by atoms with Crippen molar-refractivity contribution in [3.8, 4) is 0 Å². The molecule has 7 nitrogen and oxygen atoms in total. The number of hydrogen-bond donors (Lipinski definition) is 0. The average Bonchev–Trinajstić information content (AvgIpc) is 3.14. The second-order valence-electron chi connectivity index (χ2n) is 12.0. The van der Waals surface area contributed by atoms with Gasteiger partial charge in [0.1, 0.15) is 18.3 Å². The molecule has 0 aliphatic carbocycles. The van der Waals surface area contributed by atoms with Crippen LogP contribution in [-0.4, -0.2) is 39.9 Å². The molecule has 0 saturated heterocycles. The maximum atomic E-state index is 14.3. The lowest BCUT2D eigenvalue weighted by molar-refractivity contribution is -0.152. The second-order valence-corrected chi connectivity index (χ2v) is 13.9. The van der Waals surface area contributed by atoms with Crippen molar-refractivity contribution in [1.82, 2.24) is 0 Å². The van der Waals surface area contributed by atoms with Gasteiger partial charge in [-0.15, -0.1) is 0 Å². The maximum absolute atomic E-state index is 14.3. The van der Waals surface area contributed by atoms with E-state index in [2.05, 4.69) is 0 Å². The highest BCUT2D eigenvalue weighted by Gasteiger charge is 2.41. The normalized spacial score (nSPS) is 17.6. The number of para-hydroxylation sites is 1. The van der Waals surface area contributed by atoms with Crippen molar-refractivity contribution < 1.29 is 27.4 Å². The first kappa shape index (κ1) is 34.1. The van der Waals surface area contributed by atoms with Gasteiger partial charge in [-0.3, -0.25) is 4.31 Å². The van der Waals surface area contributed by atoms with Crippen LogP contribution in [0.25, 0.3) is 0 Å². The number of aryl methyl sites for hydroxylation is 1. The van der Waals surface area contributed by atoms with Crippen LogP contribution in [0.3, 0.4) is 0 Å². The van der Waals surface area contributed by atoms with Gasteiger partial charge >= 0.3 is 0 Å². The van der Waals surface area contributed by atoms with Crippen molar-refractivity contribution in [2.24, 2.45) is 0 Å². The first-order chi connectivity index (χ1) is 24.0. The predicted octanol–water partition coefficient (Wildman–Crippen LogP) is 7.86. The Hall–Kier alpha value is -4.73. The number of sulfonamides is 1. The number of rotatable bonds is 15. The van der Waals surface area contributed by atoms with E-state index in [0.29, 0.717) is 31.1 Å². The molecule has 0 radical (unpaired) electrons. The first-order valence-electron chi connectivity index (χ1n) is 16.4. The van der Waals surface area contributed by atoms with Crippen molar-refractivity contribution in [2.75, 3.05) is 17.5 Å². The molecule has 0 spiro atoms. The van der Waals surface area contributed by atoms with Crippen LogP contribution in [0.1, 0.15) is 22.3 Å². The highest BCUT2D eigenvalue weighted by Crippen LogP contribution is 2.32. The van der Waals surface area contributed by atoms with Gasteiger partial charge in [-0.2, -0.15) is 0 Å². The van der Waals surface area contributed by atoms with Crippen molar-refractivity contribution >= 4 is 15.7 Å². The zero-order valence-electron chi connectivity index (χ0n) is 27.5. The monoisotopic (exact) mass is 675 g/mol. The molecule has 0 unspecified atom stereocenters. The quantitative estimate of drug-likeness (QED) is 0.113. The molecule has 8 heteroatoms. The van der Waals surface area contributed by atoms with Gasteiger partial charge in [0, 0.05) is 5.57 Å². The Morgan fingerprint density at radius 3 is 1.71 bits per heavy atom. The van der Waals surface area contributed by atoms with Crippen LogP contribution in [0.4, 0.5) is 5.69 Å². The molecule has 0 saturated carbocycles. The summed E-state index contributed by atoms with van der Waals surface area (Å²) in [5, 5.41) is 0. The molecule has 49 heavy (non-hydrogen) atoms. The number of anilines is 1. The van der Waals surface area contributed by atoms with Crippen molar-refractivity contribution in [3.05, 3.63) is 180 Å². The number of ether oxygens (including phenoxy) is 4. The van der Waals surface area contributed by atoms with E-state index in [0.717, 1.165) is 22.3 Å². The van der Waals surface area contributed by atoms with Gasteiger partial charge in [0.15, 0.2) is 0 Å². The van der Waals surface area contributed by atoms with E-state index in [1.165, 1.54) is 4.31 Å². The molecular weight excluding hydrogens is 635 g/mol. The third-order valence-electron chi connectivity index (χ3n) is 8.36. The van der Waals surface area contributed by atoms with Crippen LogP contribution in [0, 0.1) is 6.92 Å². The molecule has 6 rings (SSSR count). The number of hydrogen-bond acceptors (Lipinski definition) is 6. The summed E-state index contributed by atoms with van der Waals surface area (Å²) in [4.78, 5) is 0.199. The molecule has 0 N–H and O–H groups in total. The van der Waals surface area contributed by atoms with Gasteiger partial charge in [-0.05, 0) is 47.9 Å². The molecule has 3 atom stereocenters. The van der Waals surface area contributed by atoms with Crippen LogP contribution in [0.2, 0.25) is 0 Å². The molecule has 1 aliphatic heterocycles. The summed E-state index contributed by atoms with van der Waals surface area (Å²) < 4.78 is 55.9. The van der Waals surface area contributed by atoms with Crippen LogP contribution >= 0.6 is 0 Å². The fraction of sp³-hybridized carbons (Fsp3) is 0.220. The minimum absolute atomic E-state index is 0.0114. The summed E-state index contributed by atoms with van der Waals surface area (Å²) in [6.45, 7) is 3.18. The molecule has 1 aliphatic rings. The Kier molecular flexibility index (Phi) is 11.6. The molecule has 5 aromatic rings. The fourth-order valence-electron chi connectivity index (χ4n) is 5.69. The summed E-state index contributed by atoms with van der Waals surface area (Å²) in [6, 6.07) is 45.8. The smallest absolute Gasteiger partial charge is 0.264 e. The van der Waals surface area contributed by atoms with Crippen molar-refractivity contribution in [1.29, 1.82) is 0 Å². The first-order valence-corrected chi connectivity index (χ1v) is 17.8. The highest BCUT2D eigenvalue weighted by atomic mass is 32.2. The Morgan fingerprint density at radius 1 is 0.633 bits per heavy atom. The van der Waals surface area contributed by atoms with Crippen LogP contribution in [-0.2, 0) is 48.8 Å². The van der Waals surface area contributed by atoms with E-state index in [1.54, 1.807) is 42.7 Å². The lowest BCUT2D eigenvalue weighted by Gasteiger charge is -2.39. The van der Waals surface area contributed by atoms with Gasteiger partial charge in [-0.25, -0.2) is 8.42 Å². The van der Waals surface area contributed by atoms with Crippen molar-refractivity contribution in [2.45, 2.75) is 50.0 Å². The zero-order chi connectivity index (χ0) is 33.9. The average molecular weight is 676 g/mol. The third-order valence-corrected chi connectivity index (χ3v) is 10.1. The number of nitrogens with zero attached hydrogens (tertiary/aromatic N) is 1. The van der Waals surface area contributed by atoms with Crippen LogP contribution in [0.5, 0.6) is 0 Å². The van der Waals surface area contributed by atoms with E-state index in [1.807, 2.05) is 116 Å². The second kappa shape index (κ2) is 16.6. The molecule has 0 amide bonds. The lowest BCUT2D eigenvalue weighted by Crippen LogP contribution is -2.50. The van der Waals surface area contributed by atoms with Crippen LogP contribution in [0.15, 0.2) is 162 Å². The van der Waals surface area contributed by atoms with Crippen molar-refractivity contribution in [3.63, 3.8) is 0 Å². The molecule has 0 bridgehead atoms. The van der Waals surface area contributed by atoms with Gasteiger partial charge in [0.2, 0.25) is 0 Å². The molecular formula is C41H41NO6S. The van der Waals surface area contributed by atoms with Gasteiger partial charge in [-0.1, -0.05) is 127 Å². The topological polar surface area (TPSA) is 74.3 Å². The molecule has 5 aromatic carbocycles.